The number of nitrogens with zero attached hydrogens (tertiary/aromatic N) is 4. The number of benzene rings is 2. The highest BCUT2D eigenvalue weighted by molar-refractivity contribution is 5.95. The second-order valence-corrected chi connectivity index (χ2v) is 9.93. The number of carbonyl (C=O) groups excluding carboxylic acids is 2. The van der Waals surface area contributed by atoms with Gasteiger partial charge in [-0.05, 0) is 25.5 Å². The molecule has 2 fully saturated rings. The van der Waals surface area contributed by atoms with Crippen molar-refractivity contribution < 1.29 is 33.3 Å². The normalized spacial score (nSPS) is 22.8. The summed E-state index contributed by atoms with van der Waals surface area (Å²) in [5.74, 6) is -0.123. The summed E-state index contributed by atoms with van der Waals surface area (Å²) in [5.41, 5.74) is 2.91. The minimum absolute atomic E-state index is 0.172. The Morgan fingerprint density at radius 3 is 2.56 bits per heavy atom. The van der Waals surface area contributed by atoms with E-state index in [9.17, 15) is 9.59 Å². The van der Waals surface area contributed by atoms with Crippen molar-refractivity contribution in [3.8, 4) is 0 Å². The predicted octanol–water partition coefficient (Wildman–Crippen LogP) is 3.74. The molecule has 13 heteroatoms. The number of hydrogen-bond acceptors (Lipinski definition) is 10. The third kappa shape index (κ3) is 5.92. The first-order valence-electron chi connectivity index (χ1n) is 14.1. The van der Waals surface area contributed by atoms with Gasteiger partial charge in [0.25, 0.3) is 0 Å². The Labute approximate surface area is 247 Å². The highest BCUT2D eigenvalue weighted by atomic mass is 16.8. The smallest absolute Gasteiger partial charge is 0.338 e. The van der Waals surface area contributed by atoms with Gasteiger partial charge in [0.15, 0.2) is 29.5 Å². The molecule has 0 aliphatic carbocycles. The summed E-state index contributed by atoms with van der Waals surface area (Å²) >= 11 is 0. The number of aromatic nitrogens is 4. The SMILES string of the molecule is CCNC(=O)Nc1ncnc2c1ncn2C1OC(COCc2ccccc2C(=O)OCC)C2O[C@H](c3ccccc3)OC21. The molecule has 4 aromatic rings. The van der Waals surface area contributed by atoms with E-state index >= 15 is 0 Å². The molecular weight excluding hydrogens is 556 g/mol. The number of rotatable bonds is 10. The van der Waals surface area contributed by atoms with Gasteiger partial charge in [-0.1, -0.05) is 48.5 Å². The van der Waals surface area contributed by atoms with Gasteiger partial charge in [-0.2, -0.15) is 0 Å². The average Bonchev–Trinajstić information content (AvgIpc) is 3.73. The quantitative estimate of drug-likeness (QED) is 0.263. The second-order valence-electron chi connectivity index (χ2n) is 9.93. The summed E-state index contributed by atoms with van der Waals surface area (Å²) in [6.07, 6.45) is 0.188. The van der Waals surface area contributed by atoms with Gasteiger partial charge >= 0.3 is 12.0 Å². The van der Waals surface area contributed by atoms with Crippen LogP contribution in [0.4, 0.5) is 10.6 Å². The number of hydrogen-bond donors (Lipinski definition) is 2. The van der Waals surface area contributed by atoms with Crippen LogP contribution in [0.5, 0.6) is 0 Å². The zero-order chi connectivity index (χ0) is 29.8. The molecule has 2 saturated heterocycles. The van der Waals surface area contributed by atoms with Crippen molar-refractivity contribution in [3.05, 3.63) is 83.9 Å². The topological polar surface area (TPSA) is 148 Å². The van der Waals surface area contributed by atoms with Crippen LogP contribution in [0.15, 0.2) is 67.3 Å². The van der Waals surface area contributed by atoms with E-state index in [0.29, 0.717) is 28.8 Å². The molecular formula is C30H32N6O7. The molecule has 4 unspecified atom stereocenters. The fourth-order valence-electron chi connectivity index (χ4n) is 5.24. The molecule has 2 N–H and O–H groups in total. The number of ether oxygens (including phenoxy) is 5. The largest absolute Gasteiger partial charge is 0.462 e. The molecule has 224 valence electrons. The number of esters is 1. The van der Waals surface area contributed by atoms with Gasteiger partial charge in [0.2, 0.25) is 0 Å². The summed E-state index contributed by atoms with van der Waals surface area (Å²) in [4.78, 5) is 37.7. The molecule has 4 heterocycles. The Morgan fingerprint density at radius 2 is 1.74 bits per heavy atom. The van der Waals surface area contributed by atoms with Gasteiger partial charge < -0.3 is 29.0 Å². The van der Waals surface area contributed by atoms with Crippen LogP contribution in [-0.2, 0) is 30.3 Å². The lowest BCUT2D eigenvalue weighted by Crippen LogP contribution is -2.31. The molecule has 2 aliphatic rings. The van der Waals surface area contributed by atoms with Crippen molar-refractivity contribution in [3.63, 3.8) is 0 Å². The highest BCUT2D eigenvalue weighted by Gasteiger charge is 2.54. The zero-order valence-corrected chi connectivity index (χ0v) is 23.7. The number of fused-ring (bicyclic) bond motifs is 2. The van der Waals surface area contributed by atoms with E-state index in [2.05, 4.69) is 25.6 Å². The molecule has 13 nitrogen and oxygen atoms in total. The first-order valence-corrected chi connectivity index (χ1v) is 14.1. The van der Waals surface area contributed by atoms with Crippen LogP contribution in [0.2, 0.25) is 0 Å². The standard InChI is InChI=1S/C30H32N6O7/c1-3-31-30(38)35-25-22-26(33-16-32-25)36(17-34-22)27-24-23(42-29(43-24)18-10-6-5-7-11-18)21(41-27)15-39-14-19-12-8-9-13-20(19)28(37)40-4-2/h5-13,16-17,21,23-24,27,29H,3-4,14-15H2,1-2H3,(H2,31,32,33,35,38)/t21?,23?,24?,27?,29-/m0/s1. The van der Waals surface area contributed by atoms with Crippen LogP contribution in [0.1, 0.15) is 47.9 Å². The molecule has 0 saturated carbocycles. The molecule has 0 bridgehead atoms. The van der Waals surface area contributed by atoms with Gasteiger partial charge in [-0.15, -0.1) is 0 Å². The lowest BCUT2D eigenvalue weighted by Gasteiger charge is -2.21. The van der Waals surface area contributed by atoms with E-state index in [4.69, 9.17) is 23.7 Å². The molecule has 2 amide bonds. The van der Waals surface area contributed by atoms with Crippen molar-refractivity contribution in [2.24, 2.45) is 0 Å². The summed E-state index contributed by atoms with van der Waals surface area (Å²) < 4.78 is 32.3. The molecule has 0 spiro atoms. The van der Waals surface area contributed by atoms with Crippen LogP contribution < -0.4 is 10.6 Å². The fraction of sp³-hybridized carbons (Fsp3) is 0.367. The first kappa shape index (κ1) is 28.7. The second kappa shape index (κ2) is 12.8. The van der Waals surface area contributed by atoms with Gasteiger partial charge in [0.05, 0.1) is 31.7 Å². The lowest BCUT2D eigenvalue weighted by atomic mass is 10.1. The molecule has 0 radical (unpaired) electrons. The van der Waals surface area contributed by atoms with E-state index in [1.54, 1.807) is 30.0 Å². The molecule has 6 rings (SSSR count). The highest BCUT2D eigenvalue weighted by Crippen LogP contribution is 2.45. The Morgan fingerprint density at radius 1 is 0.953 bits per heavy atom. The summed E-state index contributed by atoms with van der Waals surface area (Å²) in [7, 11) is 0. The van der Waals surface area contributed by atoms with Crippen LogP contribution in [0.3, 0.4) is 0 Å². The van der Waals surface area contributed by atoms with Gasteiger partial charge in [-0.25, -0.2) is 24.5 Å². The number of imidazole rings is 1. The molecule has 5 atom stereocenters. The van der Waals surface area contributed by atoms with Gasteiger partial charge in [0, 0.05) is 12.1 Å². The number of carbonyl (C=O) groups is 2. The Hall–Kier alpha value is -4.43. The third-order valence-electron chi connectivity index (χ3n) is 7.17. The van der Waals surface area contributed by atoms with Crippen molar-refractivity contribution >= 4 is 29.0 Å². The number of urea groups is 1. The van der Waals surface area contributed by atoms with Crippen LogP contribution >= 0.6 is 0 Å². The van der Waals surface area contributed by atoms with Gasteiger partial charge in [0.1, 0.15) is 24.6 Å². The molecule has 2 aliphatic heterocycles. The van der Waals surface area contributed by atoms with E-state index in [0.717, 1.165) is 5.56 Å². The van der Waals surface area contributed by atoms with E-state index < -0.39 is 42.8 Å². The third-order valence-corrected chi connectivity index (χ3v) is 7.17. The Bertz CT molecular complexity index is 1580. The fourth-order valence-corrected chi connectivity index (χ4v) is 5.24. The molecule has 2 aromatic carbocycles. The maximum Gasteiger partial charge on any atom is 0.338 e. The lowest BCUT2D eigenvalue weighted by molar-refractivity contribution is -0.158. The maximum absolute atomic E-state index is 12.4. The van der Waals surface area contributed by atoms with Gasteiger partial charge in [-0.3, -0.25) is 9.88 Å². The van der Waals surface area contributed by atoms with E-state index in [1.165, 1.54) is 6.33 Å². The van der Waals surface area contributed by atoms with Crippen molar-refractivity contribution in [1.82, 2.24) is 24.8 Å². The minimum atomic E-state index is -0.656. The number of amides is 2. The van der Waals surface area contributed by atoms with E-state index in [-0.39, 0.29) is 25.6 Å². The van der Waals surface area contributed by atoms with Crippen LogP contribution in [0, 0.1) is 0 Å². The molecule has 2 aromatic heterocycles. The van der Waals surface area contributed by atoms with Crippen molar-refractivity contribution in [2.45, 2.75) is 51.3 Å². The Kier molecular flexibility index (Phi) is 8.56. The minimum Gasteiger partial charge on any atom is -0.462 e. The average molecular weight is 589 g/mol. The first-order chi connectivity index (χ1) is 21.1. The number of anilines is 1. The van der Waals surface area contributed by atoms with E-state index in [1.807, 2.05) is 49.4 Å². The maximum atomic E-state index is 12.4. The number of nitrogens with one attached hydrogen (secondary N) is 2. The molecule has 43 heavy (non-hydrogen) atoms. The van der Waals surface area contributed by atoms with Crippen molar-refractivity contribution in [2.75, 3.05) is 25.1 Å². The zero-order valence-electron chi connectivity index (χ0n) is 23.7. The Balaban J connectivity index is 1.24. The summed E-state index contributed by atoms with van der Waals surface area (Å²) in [6, 6.07) is 16.5. The van der Waals surface area contributed by atoms with Crippen LogP contribution in [0.25, 0.3) is 11.2 Å². The predicted molar refractivity (Wildman–Crippen MR) is 153 cm³/mol. The van der Waals surface area contributed by atoms with Crippen molar-refractivity contribution in [1.29, 1.82) is 0 Å². The van der Waals surface area contributed by atoms with Crippen LogP contribution in [-0.4, -0.2) is 69.6 Å². The summed E-state index contributed by atoms with van der Waals surface area (Å²) in [5, 5.41) is 5.39. The monoisotopic (exact) mass is 588 g/mol. The summed E-state index contributed by atoms with van der Waals surface area (Å²) in [6.45, 7) is 4.69.